The molecule has 1 atom stereocenters. The molecule has 8 heteroatoms. The van der Waals surface area contributed by atoms with Crippen LogP contribution in [0.25, 0.3) is 0 Å². The summed E-state index contributed by atoms with van der Waals surface area (Å²) in [5.74, 6) is 1.13. The molecule has 0 unspecified atom stereocenters. The van der Waals surface area contributed by atoms with E-state index in [1.54, 1.807) is 73.5 Å². The minimum atomic E-state index is -3.53. The van der Waals surface area contributed by atoms with E-state index >= 15 is 0 Å². The predicted molar refractivity (Wildman–Crippen MR) is 105 cm³/mol. The van der Waals surface area contributed by atoms with Crippen molar-refractivity contribution < 1.29 is 22.7 Å². The molecule has 1 aliphatic heterocycles. The maximum Gasteiger partial charge on any atom is 0.263 e. The second-order valence-corrected chi connectivity index (χ2v) is 8.42. The second-order valence-electron chi connectivity index (χ2n) is 6.48. The van der Waals surface area contributed by atoms with Crippen LogP contribution in [-0.2, 0) is 14.8 Å². The molecule has 0 saturated carbocycles. The van der Waals surface area contributed by atoms with Gasteiger partial charge in [0.1, 0.15) is 11.5 Å². The van der Waals surface area contributed by atoms with E-state index in [0.29, 0.717) is 24.6 Å². The Bertz CT molecular complexity index is 892. The highest BCUT2D eigenvalue weighted by atomic mass is 32.2. The van der Waals surface area contributed by atoms with Gasteiger partial charge in [0.15, 0.2) is 6.10 Å². The molecule has 2 aromatic carbocycles. The van der Waals surface area contributed by atoms with Crippen LogP contribution in [0.1, 0.15) is 6.92 Å². The van der Waals surface area contributed by atoms with Crippen LogP contribution in [0, 0.1) is 0 Å². The van der Waals surface area contributed by atoms with Crippen molar-refractivity contribution in [2.45, 2.75) is 17.9 Å². The van der Waals surface area contributed by atoms with Crippen LogP contribution in [-0.4, -0.2) is 62.9 Å². The van der Waals surface area contributed by atoms with Gasteiger partial charge in [0.2, 0.25) is 10.0 Å². The van der Waals surface area contributed by atoms with E-state index in [9.17, 15) is 13.2 Å². The second kappa shape index (κ2) is 8.62. The molecule has 2 aromatic rings. The number of amides is 1. The van der Waals surface area contributed by atoms with Crippen LogP contribution < -0.4 is 9.47 Å². The van der Waals surface area contributed by atoms with Crippen LogP contribution >= 0.6 is 0 Å². The summed E-state index contributed by atoms with van der Waals surface area (Å²) < 4.78 is 37.6. The van der Waals surface area contributed by atoms with Gasteiger partial charge in [0.05, 0.1) is 12.0 Å². The van der Waals surface area contributed by atoms with Crippen LogP contribution in [0.2, 0.25) is 0 Å². The molecule has 1 fully saturated rings. The van der Waals surface area contributed by atoms with Gasteiger partial charge in [-0.25, -0.2) is 8.42 Å². The molecule has 0 aromatic heterocycles. The third-order valence-corrected chi connectivity index (χ3v) is 6.56. The number of methoxy groups -OCH3 is 1. The number of sulfonamides is 1. The van der Waals surface area contributed by atoms with E-state index in [4.69, 9.17) is 9.47 Å². The van der Waals surface area contributed by atoms with Crippen LogP contribution in [0.5, 0.6) is 11.5 Å². The first-order valence-electron chi connectivity index (χ1n) is 9.06. The lowest BCUT2D eigenvalue weighted by Crippen LogP contribution is -2.53. The number of rotatable bonds is 6. The third-order valence-electron chi connectivity index (χ3n) is 4.65. The van der Waals surface area contributed by atoms with Crippen LogP contribution in [0.15, 0.2) is 59.5 Å². The highest BCUT2D eigenvalue weighted by Crippen LogP contribution is 2.20. The van der Waals surface area contributed by atoms with Gasteiger partial charge in [0.25, 0.3) is 5.91 Å². The summed E-state index contributed by atoms with van der Waals surface area (Å²) in [4.78, 5) is 14.6. The Hall–Kier alpha value is -2.58. The molecule has 1 amide bonds. The Morgan fingerprint density at radius 2 is 1.50 bits per heavy atom. The topological polar surface area (TPSA) is 76.2 Å². The Morgan fingerprint density at radius 1 is 0.929 bits per heavy atom. The zero-order valence-corrected chi connectivity index (χ0v) is 16.8. The number of ether oxygens (including phenoxy) is 2. The van der Waals surface area contributed by atoms with Gasteiger partial charge in [-0.05, 0) is 43.3 Å². The van der Waals surface area contributed by atoms with Gasteiger partial charge in [-0.1, -0.05) is 18.2 Å². The van der Waals surface area contributed by atoms with Gasteiger partial charge in [0, 0.05) is 26.2 Å². The lowest BCUT2D eigenvalue weighted by atomic mass is 10.2. The van der Waals surface area contributed by atoms with Crippen molar-refractivity contribution >= 4 is 15.9 Å². The number of benzene rings is 2. The standard InChI is InChI=1S/C20H24N2O5S/c1-16(27-18-10-8-17(26-2)9-11-18)20(23)21-12-14-22(15-13-21)28(24,25)19-6-4-3-5-7-19/h3-11,16H,12-15H2,1-2H3/t16-/m1/s1. The van der Waals surface area contributed by atoms with Gasteiger partial charge < -0.3 is 14.4 Å². The van der Waals surface area contributed by atoms with Crippen molar-refractivity contribution in [2.75, 3.05) is 33.3 Å². The van der Waals surface area contributed by atoms with E-state index in [1.807, 2.05) is 0 Å². The SMILES string of the molecule is COc1ccc(O[C@H](C)C(=O)N2CCN(S(=O)(=O)c3ccccc3)CC2)cc1. The molecular weight excluding hydrogens is 380 g/mol. The zero-order chi connectivity index (χ0) is 20.1. The molecule has 0 bridgehead atoms. The molecule has 0 spiro atoms. The third kappa shape index (κ3) is 4.45. The molecule has 7 nitrogen and oxygen atoms in total. The summed E-state index contributed by atoms with van der Waals surface area (Å²) in [6.45, 7) is 2.89. The largest absolute Gasteiger partial charge is 0.497 e. The van der Waals surface area contributed by atoms with E-state index in [1.165, 1.54) is 4.31 Å². The Kier molecular flexibility index (Phi) is 6.21. The van der Waals surface area contributed by atoms with E-state index in [-0.39, 0.29) is 23.9 Å². The summed E-state index contributed by atoms with van der Waals surface area (Å²) >= 11 is 0. The van der Waals surface area contributed by atoms with Gasteiger partial charge >= 0.3 is 0 Å². The number of hydrogen-bond donors (Lipinski definition) is 0. The minimum absolute atomic E-state index is 0.160. The lowest BCUT2D eigenvalue weighted by molar-refractivity contribution is -0.139. The summed E-state index contributed by atoms with van der Waals surface area (Å²) in [7, 11) is -1.95. The van der Waals surface area contributed by atoms with Crippen LogP contribution in [0.3, 0.4) is 0 Å². The maximum atomic E-state index is 12.7. The van der Waals surface area contributed by atoms with E-state index < -0.39 is 16.1 Å². The van der Waals surface area contributed by atoms with Gasteiger partial charge in [-0.15, -0.1) is 0 Å². The van der Waals surface area contributed by atoms with Gasteiger partial charge in [-0.2, -0.15) is 4.31 Å². The van der Waals surface area contributed by atoms with Gasteiger partial charge in [-0.3, -0.25) is 4.79 Å². The summed E-state index contributed by atoms with van der Waals surface area (Å²) in [5, 5.41) is 0. The Balaban J connectivity index is 1.57. The number of piperazine rings is 1. The van der Waals surface area contributed by atoms with Crippen molar-refractivity contribution in [3.8, 4) is 11.5 Å². The molecule has 0 N–H and O–H groups in total. The molecule has 0 radical (unpaired) electrons. The van der Waals surface area contributed by atoms with E-state index in [0.717, 1.165) is 0 Å². The van der Waals surface area contributed by atoms with Crippen molar-refractivity contribution in [3.63, 3.8) is 0 Å². The highest BCUT2D eigenvalue weighted by molar-refractivity contribution is 7.89. The monoisotopic (exact) mass is 404 g/mol. The highest BCUT2D eigenvalue weighted by Gasteiger charge is 2.31. The zero-order valence-electron chi connectivity index (χ0n) is 15.9. The lowest BCUT2D eigenvalue weighted by Gasteiger charge is -2.35. The maximum absolute atomic E-state index is 12.7. The molecule has 1 aliphatic rings. The smallest absolute Gasteiger partial charge is 0.263 e. The molecule has 150 valence electrons. The number of nitrogens with zero attached hydrogens (tertiary/aromatic N) is 2. The Morgan fingerprint density at radius 3 is 2.07 bits per heavy atom. The summed E-state index contributed by atoms with van der Waals surface area (Å²) in [6.07, 6.45) is -0.661. The predicted octanol–water partition coefficient (Wildman–Crippen LogP) is 2.00. The Labute approximate surface area is 165 Å². The fourth-order valence-corrected chi connectivity index (χ4v) is 4.50. The average Bonchev–Trinajstić information content (AvgIpc) is 2.74. The summed E-state index contributed by atoms with van der Waals surface area (Å²) in [6, 6.07) is 15.4. The first-order chi connectivity index (χ1) is 13.4. The molecular formula is C20H24N2O5S. The number of carbonyl (C=O) groups excluding carboxylic acids is 1. The average molecular weight is 404 g/mol. The van der Waals surface area contributed by atoms with E-state index in [2.05, 4.69) is 0 Å². The fraction of sp³-hybridized carbons (Fsp3) is 0.350. The van der Waals surface area contributed by atoms with Crippen molar-refractivity contribution in [2.24, 2.45) is 0 Å². The minimum Gasteiger partial charge on any atom is -0.497 e. The normalized spacial score (nSPS) is 16.4. The fourth-order valence-electron chi connectivity index (χ4n) is 3.06. The number of hydrogen-bond acceptors (Lipinski definition) is 5. The molecule has 3 rings (SSSR count). The molecule has 28 heavy (non-hydrogen) atoms. The van der Waals surface area contributed by atoms with Crippen molar-refractivity contribution in [3.05, 3.63) is 54.6 Å². The molecule has 1 saturated heterocycles. The van der Waals surface area contributed by atoms with Crippen molar-refractivity contribution in [1.29, 1.82) is 0 Å². The first kappa shape index (κ1) is 20.2. The quantitative estimate of drug-likeness (QED) is 0.736. The first-order valence-corrected chi connectivity index (χ1v) is 10.5. The summed E-state index contributed by atoms with van der Waals surface area (Å²) in [5.41, 5.74) is 0. The van der Waals surface area contributed by atoms with Crippen LogP contribution in [0.4, 0.5) is 0 Å². The van der Waals surface area contributed by atoms with Crippen molar-refractivity contribution in [1.82, 2.24) is 9.21 Å². The number of carbonyl (C=O) groups is 1. The molecule has 1 heterocycles. The molecule has 0 aliphatic carbocycles.